The van der Waals surface area contributed by atoms with Crippen molar-refractivity contribution in [2.75, 3.05) is 6.61 Å². The number of cyclic esters (lactones) is 1. The molecule has 1 heterocycles. The summed E-state index contributed by atoms with van der Waals surface area (Å²) in [5.41, 5.74) is -3.07. The van der Waals surface area contributed by atoms with E-state index in [4.69, 9.17) is 0 Å². The second kappa shape index (κ2) is 5.51. The van der Waals surface area contributed by atoms with Crippen molar-refractivity contribution in [1.82, 2.24) is 0 Å². The highest BCUT2D eigenvalue weighted by Gasteiger charge is 2.36. The lowest BCUT2D eigenvalue weighted by molar-refractivity contribution is -0.143. The van der Waals surface area contributed by atoms with E-state index < -0.39 is 29.4 Å². The van der Waals surface area contributed by atoms with E-state index in [0.29, 0.717) is 12.1 Å². The van der Waals surface area contributed by atoms with Gasteiger partial charge in [0.15, 0.2) is 0 Å². The van der Waals surface area contributed by atoms with Crippen LogP contribution in [-0.2, 0) is 21.9 Å². The number of alkyl halides is 6. The van der Waals surface area contributed by atoms with Crippen molar-refractivity contribution in [3.05, 3.63) is 52.6 Å². The second-order valence-corrected chi connectivity index (χ2v) is 4.43. The van der Waals surface area contributed by atoms with E-state index in [1.165, 1.54) is 6.08 Å². The number of ether oxygens (including phenoxy) is 1. The molecule has 0 radical (unpaired) electrons. The van der Waals surface area contributed by atoms with Crippen molar-refractivity contribution in [2.24, 2.45) is 0 Å². The molecule has 0 aromatic heterocycles. The lowest BCUT2D eigenvalue weighted by Gasteiger charge is -2.12. The summed E-state index contributed by atoms with van der Waals surface area (Å²) in [6.07, 6.45) is -6.32. The van der Waals surface area contributed by atoms with E-state index in [1.54, 1.807) is 0 Å². The summed E-state index contributed by atoms with van der Waals surface area (Å²) >= 11 is 0. The molecule has 0 amide bonds. The fourth-order valence-electron chi connectivity index (χ4n) is 1.77. The quantitative estimate of drug-likeness (QED) is 0.602. The van der Waals surface area contributed by atoms with Crippen LogP contribution in [0, 0.1) is 0 Å². The van der Waals surface area contributed by atoms with Crippen LogP contribution in [0.5, 0.6) is 0 Å². The summed E-state index contributed by atoms with van der Waals surface area (Å²) in [6.45, 7) is 0.0227. The van der Waals surface area contributed by atoms with Gasteiger partial charge >= 0.3 is 18.3 Å². The summed E-state index contributed by atoms with van der Waals surface area (Å²) < 4.78 is 80.5. The maximum Gasteiger partial charge on any atom is 0.416 e. The maximum absolute atomic E-state index is 12.7. The molecule has 8 heteroatoms. The number of carbonyl (C=O) groups is 1. The SMILES string of the molecule is O=C1OCC=C1/C=C/c1cc(C(F)(F)F)cc(C(F)(F)F)c1. The first-order valence-corrected chi connectivity index (χ1v) is 5.92. The van der Waals surface area contributed by atoms with Gasteiger partial charge in [0.1, 0.15) is 6.61 Å². The first-order valence-electron chi connectivity index (χ1n) is 5.92. The largest absolute Gasteiger partial charge is 0.458 e. The third kappa shape index (κ3) is 3.69. The predicted molar refractivity (Wildman–Crippen MR) is 64.5 cm³/mol. The van der Waals surface area contributed by atoms with Gasteiger partial charge in [0.05, 0.1) is 16.7 Å². The molecule has 0 spiro atoms. The number of hydrogen-bond acceptors (Lipinski definition) is 2. The summed E-state index contributed by atoms with van der Waals surface area (Å²) in [4.78, 5) is 11.1. The smallest absolute Gasteiger partial charge is 0.416 e. The predicted octanol–water partition coefficient (Wildman–Crippen LogP) is 4.22. The van der Waals surface area contributed by atoms with E-state index in [-0.39, 0.29) is 23.8 Å². The van der Waals surface area contributed by atoms with Gasteiger partial charge in [0, 0.05) is 0 Å². The number of carbonyl (C=O) groups excluding carboxylic acids is 1. The van der Waals surface area contributed by atoms with E-state index in [2.05, 4.69) is 4.74 Å². The molecule has 1 aliphatic rings. The van der Waals surface area contributed by atoms with Crippen LogP contribution in [0.25, 0.3) is 6.08 Å². The Labute approximate surface area is 120 Å². The third-order valence-electron chi connectivity index (χ3n) is 2.82. The zero-order valence-corrected chi connectivity index (χ0v) is 10.8. The highest BCUT2D eigenvalue weighted by atomic mass is 19.4. The van der Waals surface area contributed by atoms with Gasteiger partial charge < -0.3 is 4.74 Å². The zero-order valence-electron chi connectivity index (χ0n) is 10.8. The van der Waals surface area contributed by atoms with Gasteiger partial charge in [-0.3, -0.25) is 0 Å². The van der Waals surface area contributed by atoms with Crippen LogP contribution in [0.3, 0.4) is 0 Å². The highest BCUT2D eigenvalue weighted by Crippen LogP contribution is 2.36. The molecule has 118 valence electrons. The fourth-order valence-corrected chi connectivity index (χ4v) is 1.77. The number of hydrogen-bond donors (Lipinski definition) is 0. The van der Waals surface area contributed by atoms with Crippen LogP contribution in [0.1, 0.15) is 16.7 Å². The van der Waals surface area contributed by atoms with Crippen LogP contribution in [0.4, 0.5) is 26.3 Å². The van der Waals surface area contributed by atoms with E-state index >= 15 is 0 Å². The van der Waals surface area contributed by atoms with Crippen molar-refractivity contribution in [2.45, 2.75) is 12.4 Å². The topological polar surface area (TPSA) is 26.3 Å². The lowest BCUT2D eigenvalue weighted by Crippen LogP contribution is -2.11. The monoisotopic (exact) mass is 322 g/mol. The molecule has 1 aromatic carbocycles. The molecule has 0 atom stereocenters. The van der Waals surface area contributed by atoms with Crippen molar-refractivity contribution < 1.29 is 35.9 Å². The Kier molecular flexibility index (Phi) is 4.04. The van der Waals surface area contributed by atoms with Gasteiger partial charge in [0.25, 0.3) is 0 Å². The number of benzene rings is 1. The van der Waals surface area contributed by atoms with Gasteiger partial charge in [0.2, 0.25) is 0 Å². The van der Waals surface area contributed by atoms with Crippen LogP contribution in [0.2, 0.25) is 0 Å². The third-order valence-corrected chi connectivity index (χ3v) is 2.82. The average Bonchev–Trinajstić information content (AvgIpc) is 2.79. The Bertz CT molecular complexity index is 620. The van der Waals surface area contributed by atoms with Gasteiger partial charge in [-0.15, -0.1) is 0 Å². The second-order valence-electron chi connectivity index (χ2n) is 4.43. The zero-order chi connectivity index (χ0) is 16.5. The molecular formula is C14H8F6O2. The Morgan fingerprint density at radius 2 is 1.45 bits per heavy atom. The lowest BCUT2D eigenvalue weighted by atomic mass is 10.0. The van der Waals surface area contributed by atoms with Crippen molar-refractivity contribution >= 4 is 12.0 Å². The first kappa shape index (κ1) is 16.1. The molecule has 0 saturated heterocycles. The number of esters is 1. The maximum atomic E-state index is 12.7. The first-order chi connectivity index (χ1) is 10.1. The van der Waals surface area contributed by atoms with E-state index in [0.717, 1.165) is 12.2 Å². The van der Waals surface area contributed by atoms with Gasteiger partial charge in [-0.1, -0.05) is 6.08 Å². The Morgan fingerprint density at radius 1 is 0.909 bits per heavy atom. The van der Waals surface area contributed by atoms with Crippen molar-refractivity contribution in [3.8, 4) is 0 Å². The molecule has 1 aliphatic heterocycles. The Morgan fingerprint density at radius 3 is 1.86 bits per heavy atom. The molecule has 0 N–H and O–H groups in total. The molecule has 22 heavy (non-hydrogen) atoms. The van der Waals surface area contributed by atoms with E-state index in [1.807, 2.05) is 0 Å². The minimum Gasteiger partial charge on any atom is -0.458 e. The highest BCUT2D eigenvalue weighted by molar-refractivity contribution is 5.94. The molecule has 2 nitrogen and oxygen atoms in total. The van der Waals surface area contributed by atoms with Crippen molar-refractivity contribution in [1.29, 1.82) is 0 Å². The van der Waals surface area contributed by atoms with Gasteiger partial charge in [-0.2, -0.15) is 26.3 Å². The molecule has 0 fully saturated rings. The molecule has 0 saturated carbocycles. The Balaban J connectivity index is 2.42. The summed E-state index contributed by atoms with van der Waals surface area (Å²) in [5.74, 6) is -0.681. The minimum atomic E-state index is -4.91. The average molecular weight is 322 g/mol. The van der Waals surface area contributed by atoms with Gasteiger partial charge in [-0.05, 0) is 35.9 Å². The van der Waals surface area contributed by atoms with Crippen LogP contribution < -0.4 is 0 Å². The Hall–Kier alpha value is -2.25. The minimum absolute atomic E-state index is 0.0227. The van der Waals surface area contributed by atoms with Crippen molar-refractivity contribution in [3.63, 3.8) is 0 Å². The molecule has 0 unspecified atom stereocenters. The van der Waals surface area contributed by atoms with Crippen LogP contribution >= 0.6 is 0 Å². The molecule has 0 aliphatic carbocycles. The summed E-state index contributed by atoms with van der Waals surface area (Å²) in [5, 5.41) is 0. The molecule has 0 bridgehead atoms. The van der Waals surface area contributed by atoms with E-state index in [9.17, 15) is 31.1 Å². The summed E-state index contributed by atoms with van der Waals surface area (Å²) in [6, 6.07) is 1.19. The van der Waals surface area contributed by atoms with Crippen LogP contribution in [0.15, 0.2) is 35.9 Å². The summed E-state index contributed by atoms with van der Waals surface area (Å²) in [7, 11) is 0. The van der Waals surface area contributed by atoms with Gasteiger partial charge in [-0.25, -0.2) is 4.79 Å². The molecule has 2 rings (SSSR count). The standard InChI is InChI=1S/C14H8F6O2/c15-13(16,17)10-5-8(6-11(7-10)14(18,19)20)1-2-9-3-4-22-12(9)21/h1-3,5-7H,4H2/b2-1+. The molecular weight excluding hydrogens is 314 g/mol. The number of halogens is 6. The number of rotatable bonds is 2. The normalized spacial score (nSPS) is 16.1. The molecule has 1 aromatic rings. The fraction of sp³-hybridized carbons (Fsp3) is 0.214. The van der Waals surface area contributed by atoms with Crippen LogP contribution in [-0.4, -0.2) is 12.6 Å².